The van der Waals surface area contributed by atoms with Crippen molar-refractivity contribution in [2.75, 3.05) is 12.5 Å². The van der Waals surface area contributed by atoms with Crippen LogP contribution in [-0.4, -0.2) is 38.0 Å². The Labute approximate surface area is 103 Å². The Kier molecular flexibility index (Phi) is 3.49. The van der Waals surface area contributed by atoms with Crippen molar-refractivity contribution >= 4 is 11.7 Å². The first-order valence-electron chi connectivity index (χ1n) is 5.23. The van der Waals surface area contributed by atoms with Crippen LogP contribution in [0, 0.1) is 0 Å². The number of hydrazine groups is 1. The van der Waals surface area contributed by atoms with Crippen molar-refractivity contribution in [3.05, 3.63) is 36.0 Å². The highest BCUT2D eigenvalue weighted by Gasteiger charge is 2.16. The quantitative estimate of drug-likeness (QED) is 0.507. The standard InChI is InChI=1S/C10H13N7O/c1-17(5-8-13-6-14-16-8)10(18)7-3-2-4-12-9(7)15-11/h2-4,6H,5,11H2,1H3,(H,12,15)(H,13,14,16). The predicted molar refractivity (Wildman–Crippen MR) is 64.2 cm³/mol. The molecule has 0 atom stereocenters. The van der Waals surface area contributed by atoms with Crippen LogP contribution < -0.4 is 11.3 Å². The fourth-order valence-corrected chi connectivity index (χ4v) is 1.50. The first-order valence-corrected chi connectivity index (χ1v) is 5.23. The van der Waals surface area contributed by atoms with Crippen LogP contribution in [0.3, 0.4) is 0 Å². The van der Waals surface area contributed by atoms with E-state index in [1.807, 2.05) is 0 Å². The Morgan fingerprint density at radius 1 is 1.56 bits per heavy atom. The maximum Gasteiger partial charge on any atom is 0.257 e. The number of nitrogens with one attached hydrogen (secondary N) is 2. The van der Waals surface area contributed by atoms with Crippen molar-refractivity contribution in [2.45, 2.75) is 6.54 Å². The van der Waals surface area contributed by atoms with Gasteiger partial charge in [-0.1, -0.05) is 0 Å². The van der Waals surface area contributed by atoms with E-state index in [2.05, 4.69) is 25.6 Å². The van der Waals surface area contributed by atoms with Crippen LogP contribution in [0.25, 0.3) is 0 Å². The zero-order valence-corrected chi connectivity index (χ0v) is 9.79. The average molecular weight is 247 g/mol. The lowest BCUT2D eigenvalue weighted by Gasteiger charge is -2.16. The highest BCUT2D eigenvalue weighted by molar-refractivity contribution is 5.98. The van der Waals surface area contributed by atoms with Crippen molar-refractivity contribution in [3.8, 4) is 0 Å². The number of nitrogen functional groups attached to an aromatic ring is 1. The van der Waals surface area contributed by atoms with E-state index in [1.54, 1.807) is 25.4 Å². The number of rotatable bonds is 4. The average Bonchev–Trinajstić information content (AvgIpc) is 2.90. The van der Waals surface area contributed by atoms with E-state index in [4.69, 9.17) is 5.84 Å². The maximum atomic E-state index is 12.2. The number of pyridine rings is 1. The molecule has 0 aliphatic rings. The first-order chi connectivity index (χ1) is 8.72. The Bertz CT molecular complexity index is 525. The highest BCUT2D eigenvalue weighted by atomic mass is 16.2. The molecule has 0 aromatic carbocycles. The molecule has 0 aliphatic carbocycles. The molecule has 0 radical (unpaired) electrons. The number of nitrogens with two attached hydrogens (primary N) is 1. The molecule has 94 valence electrons. The number of carbonyl (C=O) groups excluding carboxylic acids is 1. The Balaban J connectivity index is 2.15. The molecule has 0 aliphatic heterocycles. The molecule has 4 N–H and O–H groups in total. The lowest BCUT2D eigenvalue weighted by molar-refractivity contribution is 0.0782. The Morgan fingerprint density at radius 2 is 2.39 bits per heavy atom. The minimum atomic E-state index is -0.201. The van der Waals surface area contributed by atoms with Gasteiger partial charge in [0.05, 0.1) is 12.1 Å². The van der Waals surface area contributed by atoms with Crippen molar-refractivity contribution in [1.82, 2.24) is 25.1 Å². The third-order valence-electron chi connectivity index (χ3n) is 2.37. The third kappa shape index (κ3) is 2.43. The van der Waals surface area contributed by atoms with Gasteiger partial charge in [0, 0.05) is 13.2 Å². The molecule has 8 heteroatoms. The van der Waals surface area contributed by atoms with Gasteiger partial charge in [0.2, 0.25) is 0 Å². The van der Waals surface area contributed by atoms with Crippen molar-refractivity contribution in [2.24, 2.45) is 5.84 Å². The zero-order chi connectivity index (χ0) is 13.0. The molecule has 18 heavy (non-hydrogen) atoms. The van der Waals surface area contributed by atoms with Gasteiger partial charge in [-0.15, -0.1) is 0 Å². The maximum absolute atomic E-state index is 12.2. The summed E-state index contributed by atoms with van der Waals surface area (Å²) < 4.78 is 0. The summed E-state index contributed by atoms with van der Waals surface area (Å²) in [5.41, 5.74) is 2.80. The minimum absolute atomic E-state index is 0.201. The molecule has 0 fully saturated rings. The van der Waals surface area contributed by atoms with Crippen molar-refractivity contribution in [1.29, 1.82) is 0 Å². The fraction of sp³-hybridized carbons (Fsp3) is 0.200. The summed E-state index contributed by atoms with van der Waals surface area (Å²) in [6, 6.07) is 3.33. The number of aromatic amines is 1. The number of carbonyl (C=O) groups is 1. The zero-order valence-electron chi connectivity index (χ0n) is 9.79. The van der Waals surface area contributed by atoms with Crippen LogP contribution in [0.15, 0.2) is 24.7 Å². The molecule has 0 saturated carbocycles. The van der Waals surface area contributed by atoms with Gasteiger partial charge in [0.1, 0.15) is 12.2 Å². The van der Waals surface area contributed by atoms with Gasteiger partial charge in [-0.2, -0.15) is 5.10 Å². The Hall–Kier alpha value is -2.48. The molecular weight excluding hydrogens is 234 g/mol. The van der Waals surface area contributed by atoms with Gasteiger partial charge < -0.3 is 10.3 Å². The van der Waals surface area contributed by atoms with Crippen molar-refractivity contribution < 1.29 is 4.79 Å². The smallest absolute Gasteiger partial charge is 0.257 e. The lowest BCUT2D eigenvalue weighted by Crippen LogP contribution is -2.28. The molecule has 0 spiro atoms. The van der Waals surface area contributed by atoms with Gasteiger partial charge >= 0.3 is 0 Å². The topological polar surface area (TPSA) is 113 Å². The number of hydrogen-bond acceptors (Lipinski definition) is 6. The molecule has 2 rings (SSSR count). The van der Waals surface area contributed by atoms with Gasteiger partial charge in [0.25, 0.3) is 5.91 Å². The Morgan fingerprint density at radius 3 is 3.06 bits per heavy atom. The summed E-state index contributed by atoms with van der Waals surface area (Å²) in [5, 5.41) is 6.41. The van der Waals surface area contributed by atoms with E-state index >= 15 is 0 Å². The van der Waals surface area contributed by atoms with Crippen LogP contribution in [-0.2, 0) is 6.54 Å². The number of H-pyrrole nitrogens is 1. The third-order valence-corrected chi connectivity index (χ3v) is 2.37. The van der Waals surface area contributed by atoms with E-state index in [0.29, 0.717) is 23.8 Å². The van der Waals surface area contributed by atoms with Crippen LogP contribution in [0.4, 0.5) is 5.82 Å². The number of nitrogens with zero attached hydrogens (tertiary/aromatic N) is 4. The second-order valence-corrected chi connectivity index (χ2v) is 3.64. The summed E-state index contributed by atoms with van der Waals surface area (Å²) in [5.74, 6) is 6.06. The second kappa shape index (κ2) is 5.23. The minimum Gasteiger partial charge on any atom is -0.334 e. The summed E-state index contributed by atoms with van der Waals surface area (Å²) >= 11 is 0. The molecule has 1 amide bonds. The van der Waals surface area contributed by atoms with Gasteiger partial charge in [-0.3, -0.25) is 9.89 Å². The second-order valence-electron chi connectivity index (χ2n) is 3.64. The lowest BCUT2D eigenvalue weighted by atomic mass is 10.2. The number of amides is 1. The number of aromatic nitrogens is 4. The summed E-state index contributed by atoms with van der Waals surface area (Å²) in [7, 11) is 1.66. The monoisotopic (exact) mass is 247 g/mol. The molecule has 2 aromatic rings. The van der Waals surface area contributed by atoms with E-state index in [1.165, 1.54) is 11.2 Å². The number of hydrogen-bond donors (Lipinski definition) is 3. The van der Waals surface area contributed by atoms with Crippen LogP contribution in [0.5, 0.6) is 0 Å². The first kappa shape index (κ1) is 12.0. The molecule has 2 heterocycles. The van der Waals surface area contributed by atoms with E-state index in [9.17, 15) is 4.79 Å². The van der Waals surface area contributed by atoms with Crippen LogP contribution in [0.2, 0.25) is 0 Å². The van der Waals surface area contributed by atoms with E-state index in [0.717, 1.165) is 0 Å². The van der Waals surface area contributed by atoms with Gasteiger partial charge in [-0.05, 0) is 12.1 Å². The van der Waals surface area contributed by atoms with Gasteiger partial charge in [-0.25, -0.2) is 15.8 Å². The summed E-state index contributed by atoms with van der Waals surface area (Å²) in [4.78, 5) is 21.6. The molecular formula is C10H13N7O. The van der Waals surface area contributed by atoms with Crippen LogP contribution in [0.1, 0.15) is 16.2 Å². The SMILES string of the molecule is CN(Cc1ncn[nH]1)C(=O)c1cccnc1NN. The molecule has 0 bridgehead atoms. The van der Waals surface area contributed by atoms with E-state index in [-0.39, 0.29) is 5.91 Å². The largest absolute Gasteiger partial charge is 0.334 e. The number of anilines is 1. The highest BCUT2D eigenvalue weighted by Crippen LogP contribution is 2.13. The molecule has 2 aromatic heterocycles. The molecule has 8 nitrogen and oxygen atoms in total. The predicted octanol–water partition coefficient (Wildman–Crippen LogP) is -0.243. The van der Waals surface area contributed by atoms with Crippen LogP contribution >= 0.6 is 0 Å². The summed E-state index contributed by atoms with van der Waals surface area (Å²) in [6.07, 6.45) is 2.95. The molecule has 0 saturated heterocycles. The van der Waals surface area contributed by atoms with Crippen molar-refractivity contribution in [3.63, 3.8) is 0 Å². The normalized spacial score (nSPS) is 10.1. The summed E-state index contributed by atoms with van der Waals surface area (Å²) in [6.45, 7) is 0.331. The fourth-order valence-electron chi connectivity index (χ4n) is 1.50. The van der Waals surface area contributed by atoms with Gasteiger partial charge in [0.15, 0.2) is 5.82 Å². The molecule has 0 unspecified atom stereocenters. The van der Waals surface area contributed by atoms with E-state index < -0.39 is 0 Å².